The Morgan fingerprint density at radius 3 is 2.43 bits per heavy atom. The molecule has 1 N–H and O–H groups in total. The third-order valence-corrected chi connectivity index (χ3v) is 6.80. The lowest BCUT2D eigenvalue weighted by molar-refractivity contribution is 0.459. The van der Waals surface area contributed by atoms with Gasteiger partial charge in [-0.15, -0.1) is 15.7 Å². The summed E-state index contributed by atoms with van der Waals surface area (Å²) in [5, 5.41) is 9.87. The van der Waals surface area contributed by atoms with Crippen LogP contribution >= 0.6 is 22.9 Å². The standard InChI is InChI=1S/C15H19ClN2O3S2/c1-9-13(15(2,3)4)22-14(18(9)5)17-23(20,21)11-8-6-7-10(16)12(11)19/h6-8,19H,1-5H3/b17-14+. The Kier molecular flexibility index (Phi) is 4.67. The van der Waals surface area contributed by atoms with E-state index < -0.39 is 15.8 Å². The number of sulfonamides is 1. The third kappa shape index (κ3) is 3.46. The van der Waals surface area contributed by atoms with E-state index in [1.807, 2.05) is 6.92 Å². The molecule has 5 nitrogen and oxygen atoms in total. The van der Waals surface area contributed by atoms with Crippen molar-refractivity contribution in [1.29, 1.82) is 0 Å². The Morgan fingerprint density at radius 2 is 1.91 bits per heavy atom. The average molecular weight is 375 g/mol. The quantitative estimate of drug-likeness (QED) is 0.876. The first-order valence-electron chi connectivity index (χ1n) is 6.90. The van der Waals surface area contributed by atoms with Gasteiger partial charge in [0.15, 0.2) is 5.75 Å². The molecule has 8 heteroatoms. The molecule has 0 saturated heterocycles. The summed E-state index contributed by atoms with van der Waals surface area (Å²) >= 11 is 7.11. The number of thiazole rings is 1. The zero-order valence-electron chi connectivity index (χ0n) is 13.6. The molecule has 2 aromatic rings. The summed E-state index contributed by atoms with van der Waals surface area (Å²) in [5.41, 5.74) is 0.856. The molecule has 1 aromatic heterocycles. The van der Waals surface area contributed by atoms with E-state index >= 15 is 0 Å². The topological polar surface area (TPSA) is 71.7 Å². The number of phenolic OH excluding ortho intramolecular Hbond substituents is 1. The van der Waals surface area contributed by atoms with Gasteiger partial charge < -0.3 is 9.67 Å². The Morgan fingerprint density at radius 1 is 1.30 bits per heavy atom. The number of phenols is 1. The van der Waals surface area contributed by atoms with Gasteiger partial charge in [0.05, 0.1) is 5.02 Å². The van der Waals surface area contributed by atoms with E-state index in [0.717, 1.165) is 10.6 Å². The predicted molar refractivity (Wildman–Crippen MR) is 92.6 cm³/mol. The minimum atomic E-state index is -4.06. The van der Waals surface area contributed by atoms with Crippen LogP contribution in [0.1, 0.15) is 31.3 Å². The van der Waals surface area contributed by atoms with Crippen LogP contribution in [0.4, 0.5) is 0 Å². The van der Waals surface area contributed by atoms with Gasteiger partial charge in [0.1, 0.15) is 4.90 Å². The molecule has 2 rings (SSSR count). The monoisotopic (exact) mass is 374 g/mol. The molecule has 0 bridgehead atoms. The lowest BCUT2D eigenvalue weighted by atomic mass is 9.93. The largest absolute Gasteiger partial charge is 0.505 e. The number of hydrogen-bond donors (Lipinski definition) is 1. The highest BCUT2D eigenvalue weighted by Crippen LogP contribution is 2.32. The molecular weight excluding hydrogens is 356 g/mol. The van der Waals surface area contributed by atoms with Gasteiger partial charge in [0, 0.05) is 17.6 Å². The van der Waals surface area contributed by atoms with Crippen molar-refractivity contribution in [1.82, 2.24) is 4.57 Å². The molecule has 1 heterocycles. The SMILES string of the molecule is Cc1c(C(C)(C)C)s/c(=N/S(=O)(=O)c2cccc(Cl)c2O)n1C. The number of aromatic hydroxyl groups is 1. The van der Waals surface area contributed by atoms with E-state index in [1.165, 1.54) is 29.5 Å². The van der Waals surface area contributed by atoms with Crippen LogP contribution in [0.5, 0.6) is 5.75 Å². The summed E-state index contributed by atoms with van der Waals surface area (Å²) in [7, 11) is -2.29. The highest BCUT2D eigenvalue weighted by molar-refractivity contribution is 7.90. The van der Waals surface area contributed by atoms with Crippen molar-refractivity contribution in [3.05, 3.63) is 38.6 Å². The summed E-state index contributed by atoms with van der Waals surface area (Å²) in [4.78, 5) is 1.12. The molecule has 0 aliphatic heterocycles. The summed E-state index contributed by atoms with van der Waals surface area (Å²) in [6.07, 6.45) is 0. The van der Waals surface area contributed by atoms with Crippen LogP contribution in [0, 0.1) is 6.92 Å². The smallest absolute Gasteiger partial charge is 0.288 e. The van der Waals surface area contributed by atoms with Crippen LogP contribution in [-0.2, 0) is 22.5 Å². The van der Waals surface area contributed by atoms with Crippen molar-refractivity contribution in [2.45, 2.75) is 38.0 Å². The molecule has 1 aromatic carbocycles. The van der Waals surface area contributed by atoms with E-state index in [2.05, 4.69) is 25.2 Å². The van der Waals surface area contributed by atoms with Crippen LogP contribution in [0.25, 0.3) is 0 Å². The molecule has 0 spiro atoms. The summed E-state index contributed by atoms with van der Waals surface area (Å²) < 4.78 is 30.6. The second kappa shape index (κ2) is 5.96. The van der Waals surface area contributed by atoms with E-state index in [0.29, 0.717) is 4.80 Å². The number of benzene rings is 1. The minimum Gasteiger partial charge on any atom is -0.505 e. The maximum atomic E-state index is 12.5. The first kappa shape index (κ1) is 18.0. The van der Waals surface area contributed by atoms with Gasteiger partial charge >= 0.3 is 0 Å². The van der Waals surface area contributed by atoms with Crippen molar-refractivity contribution in [2.24, 2.45) is 11.4 Å². The average Bonchev–Trinajstić information content (AvgIpc) is 2.69. The van der Waals surface area contributed by atoms with Gasteiger partial charge in [-0.25, -0.2) is 0 Å². The van der Waals surface area contributed by atoms with Crippen molar-refractivity contribution in [2.75, 3.05) is 0 Å². The number of nitrogens with zero attached hydrogens (tertiary/aromatic N) is 2. The van der Waals surface area contributed by atoms with E-state index in [9.17, 15) is 13.5 Å². The van der Waals surface area contributed by atoms with Crippen molar-refractivity contribution in [3.8, 4) is 5.75 Å². The Balaban J connectivity index is 2.69. The van der Waals surface area contributed by atoms with E-state index in [-0.39, 0.29) is 15.3 Å². The van der Waals surface area contributed by atoms with Gasteiger partial charge in [-0.1, -0.05) is 38.4 Å². The molecule has 0 saturated carbocycles. The number of rotatable bonds is 2. The third-order valence-electron chi connectivity index (χ3n) is 3.42. The molecule has 23 heavy (non-hydrogen) atoms. The van der Waals surface area contributed by atoms with Crippen LogP contribution in [0.15, 0.2) is 27.5 Å². The predicted octanol–water partition coefficient (Wildman–Crippen LogP) is 3.34. The zero-order valence-corrected chi connectivity index (χ0v) is 16.0. The fraction of sp³-hybridized carbons (Fsp3) is 0.400. The van der Waals surface area contributed by atoms with Crippen LogP contribution in [0.2, 0.25) is 5.02 Å². The van der Waals surface area contributed by atoms with Crippen LogP contribution in [0.3, 0.4) is 0 Å². The Hall–Kier alpha value is -1.31. The van der Waals surface area contributed by atoms with Gasteiger partial charge in [-0.2, -0.15) is 8.42 Å². The summed E-state index contributed by atoms with van der Waals surface area (Å²) in [6, 6.07) is 4.17. The molecule has 0 radical (unpaired) electrons. The van der Waals surface area contributed by atoms with Crippen LogP contribution in [-0.4, -0.2) is 18.1 Å². The van der Waals surface area contributed by atoms with Gasteiger partial charge in [-0.3, -0.25) is 0 Å². The van der Waals surface area contributed by atoms with Gasteiger partial charge in [0.2, 0.25) is 4.80 Å². The number of aromatic nitrogens is 1. The number of hydrogen-bond acceptors (Lipinski definition) is 4. The highest BCUT2D eigenvalue weighted by Gasteiger charge is 2.23. The highest BCUT2D eigenvalue weighted by atomic mass is 35.5. The molecule has 126 valence electrons. The van der Waals surface area contributed by atoms with Gasteiger partial charge in [0.25, 0.3) is 10.0 Å². The molecule has 0 fully saturated rings. The van der Waals surface area contributed by atoms with Crippen molar-refractivity contribution >= 4 is 33.0 Å². The first-order valence-corrected chi connectivity index (χ1v) is 9.54. The Labute approximate surface area is 145 Å². The summed E-state index contributed by atoms with van der Waals surface area (Å²) in [6.45, 7) is 8.12. The van der Waals surface area contributed by atoms with Gasteiger partial charge in [-0.05, 0) is 24.5 Å². The molecule has 0 aliphatic rings. The fourth-order valence-corrected chi connectivity index (χ4v) is 4.91. The lowest BCUT2D eigenvalue weighted by Gasteiger charge is -2.17. The number of halogens is 1. The van der Waals surface area contributed by atoms with E-state index in [4.69, 9.17) is 11.6 Å². The normalized spacial score (nSPS) is 13.6. The molecule has 0 amide bonds. The molecule has 0 atom stereocenters. The Bertz CT molecular complexity index is 919. The number of para-hydroxylation sites is 1. The van der Waals surface area contributed by atoms with Crippen molar-refractivity contribution in [3.63, 3.8) is 0 Å². The molecule has 0 unspecified atom stereocenters. The fourth-order valence-electron chi connectivity index (χ4n) is 2.16. The molecule has 0 aliphatic carbocycles. The first-order chi connectivity index (χ1) is 10.4. The molecular formula is C15H19ClN2O3S2. The zero-order chi connectivity index (χ0) is 17.6. The second-order valence-corrected chi connectivity index (χ2v) is 9.22. The van der Waals surface area contributed by atoms with Crippen LogP contribution < -0.4 is 4.80 Å². The maximum Gasteiger partial charge on any atom is 0.288 e. The minimum absolute atomic E-state index is 0.0246. The lowest BCUT2D eigenvalue weighted by Crippen LogP contribution is -2.15. The van der Waals surface area contributed by atoms with E-state index in [1.54, 1.807) is 11.6 Å². The van der Waals surface area contributed by atoms with Crippen molar-refractivity contribution < 1.29 is 13.5 Å². The maximum absolute atomic E-state index is 12.5. The summed E-state index contributed by atoms with van der Waals surface area (Å²) in [5.74, 6) is -0.482. The second-order valence-electron chi connectivity index (χ2n) is 6.26.